The van der Waals surface area contributed by atoms with Crippen LogP contribution in [0.4, 0.5) is 0 Å². The van der Waals surface area contributed by atoms with Gasteiger partial charge in [-0.2, -0.15) is 10.2 Å². The number of amides is 1. The summed E-state index contributed by atoms with van der Waals surface area (Å²) in [5, 5.41) is 36.4. The molecule has 0 spiro atoms. The third kappa shape index (κ3) is 2.72. The minimum absolute atomic E-state index is 0.231. The van der Waals surface area contributed by atoms with Crippen molar-refractivity contribution in [3.63, 3.8) is 0 Å². The van der Waals surface area contributed by atoms with Crippen LogP contribution in [-0.2, 0) is 0 Å². The molecule has 0 unspecified atom stereocenters. The molecule has 1 heterocycles. The monoisotopic (exact) mass is 227 g/mol. The van der Waals surface area contributed by atoms with Crippen LogP contribution in [0.15, 0.2) is 18.5 Å². The van der Waals surface area contributed by atoms with E-state index in [4.69, 9.17) is 15.3 Å². The first-order valence-corrected chi connectivity index (χ1v) is 4.59. The summed E-state index contributed by atoms with van der Waals surface area (Å²) in [6.45, 7) is -1.70. The molecule has 0 aliphatic heterocycles. The molecule has 7 nitrogen and oxygen atoms in total. The summed E-state index contributed by atoms with van der Waals surface area (Å²) in [4.78, 5) is 11.6. The Morgan fingerprint density at radius 3 is 2.31 bits per heavy atom. The highest BCUT2D eigenvalue weighted by molar-refractivity contribution is 5.94. The molecule has 0 radical (unpaired) electrons. The van der Waals surface area contributed by atoms with Gasteiger partial charge in [-0.05, 0) is 6.07 Å². The van der Waals surface area contributed by atoms with E-state index in [2.05, 4.69) is 15.5 Å². The number of aliphatic hydroxyl groups is 3. The molecule has 0 aromatic carbocycles. The van der Waals surface area contributed by atoms with Gasteiger partial charge in [0.05, 0.1) is 37.8 Å². The van der Waals surface area contributed by atoms with Gasteiger partial charge in [0.1, 0.15) is 5.54 Å². The van der Waals surface area contributed by atoms with Crippen molar-refractivity contribution in [3.8, 4) is 0 Å². The third-order valence-electron chi connectivity index (χ3n) is 2.13. The predicted molar refractivity (Wildman–Crippen MR) is 53.5 cm³/mol. The molecule has 0 atom stereocenters. The van der Waals surface area contributed by atoms with Crippen molar-refractivity contribution in [2.45, 2.75) is 5.54 Å². The number of carbonyl (C=O) groups is 1. The van der Waals surface area contributed by atoms with E-state index in [-0.39, 0.29) is 5.56 Å². The highest BCUT2D eigenvalue weighted by Gasteiger charge is 2.30. The van der Waals surface area contributed by atoms with E-state index in [1.807, 2.05) is 0 Å². The average Bonchev–Trinajstić information content (AvgIpc) is 2.37. The van der Waals surface area contributed by atoms with Crippen molar-refractivity contribution in [2.24, 2.45) is 0 Å². The fourth-order valence-electron chi connectivity index (χ4n) is 1.01. The molecule has 1 amide bonds. The van der Waals surface area contributed by atoms with Gasteiger partial charge in [-0.3, -0.25) is 4.79 Å². The topological polar surface area (TPSA) is 116 Å². The van der Waals surface area contributed by atoms with Gasteiger partial charge in [0, 0.05) is 0 Å². The Hall–Kier alpha value is -1.57. The van der Waals surface area contributed by atoms with Crippen molar-refractivity contribution < 1.29 is 20.1 Å². The molecule has 16 heavy (non-hydrogen) atoms. The van der Waals surface area contributed by atoms with Crippen molar-refractivity contribution >= 4 is 5.91 Å². The van der Waals surface area contributed by atoms with E-state index in [0.717, 1.165) is 0 Å². The van der Waals surface area contributed by atoms with Gasteiger partial charge in [0.25, 0.3) is 5.91 Å². The number of rotatable bonds is 5. The Labute approximate surface area is 91.8 Å². The zero-order valence-corrected chi connectivity index (χ0v) is 8.50. The second kappa shape index (κ2) is 5.50. The molecule has 0 saturated carbocycles. The van der Waals surface area contributed by atoms with Crippen LogP contribution in [0.2, 0.25) is 0 Å². The lowest BCUT2D eigenvalue weighted by atomic mass is 10.0. The summed E-state index contributed by atoms with van der Waals surface area (Å²) in [5.74, 6) is -0.549. The fourth-order valence-corrected chi connectivity index (χ4v) is 1.01. The quantitative estimate of drug-likeness (QED) is 0.459. The van der Waals surface area contributed by atoms with Crippen LogP contribution in [0.25, 0.3) is 0 Å². The molecule has 0 bridgehead atoms. The van der Waals surface area contributed by atoms with E-state index < -0.39 is 31.3 Å². The molecule has 7 heteroatoms. The van der Waals surface area contributed by atoms with Gasteiger partial charge < -0.3 is 20.6 Å². The van der Waals surface area contributed by atoms with E-state index >= 15 is 0 Å². The first-order valence-electron chi connectivity index (χ1n) is 4.59. The molecule has 1 aromatic rings. The summed E-state index contributed by atoms with van der Waals surface area (Å²) in [6, 6.07) is 1.43. The van der Waals surface area contributed by atoms with Crippen LogP contribution >= 0.6 is 0 Å². The van der Waals surface area contributed by atoms with E-state index in [9.17, 15) is 4.79 Å². The fraction of sp³-hybridized carbons (Fsp3) is 0.444. The molecule has 1 rings (SSSR count). The molecule has 88 valence electrons. The summed E-state index contributed by atoms with van der Waals surface area (Å²) in [7, 11) is 0. The van der Waals surface area contributed by atoms with Crippen LogP contribution in [0.3, 0.4) is 0 Å². The van der Waals surface area contributed by atoms with Gasteiger partial charge in [-0.1, -0.05) is 0 Å². The van der Waals surface area contributed by atoms with Crippen LogP contribution in [0.5, 0.6) is 0 Å². The van der Waals surface area contributed by atoms with Gasteiger partial charge in [0.15, 0.2) is 0 Å². The molecule has 0 fully saturated rings. The lowest BCUT2D eigenvalue weighted by Gasteiger charge is -2.28. The van der Waals surface area contributed by atoms with E-state index in [1.165, 1.54) is 18.5 Å². The largest absolute Gasteiger partial charge is 0.394 e. The van der Waals surface area contributed by atoms with Crippen LogP contribution in [-0.4, -0.2) is 56.8 Å². The summed E-state index contributed by atoms with van der Waals surface area (Å²) < 4.78 is 0. The Morgan fingerprint density at radius 1 is 1.25 bits per heavy atom. The lowest BCUT2D eigenvalue weighted by Crippen LogP contribution is -2.57. The van der Waals surface area contributed by atoms with Crippen LogP contribution in [0, 0.1) is 0 Å². The van der Waals surface area contributed by atoms with Crippen molar-refractivity contribution in [1.82, 2.24) is 15.5 Å². The highest BCUT2D eigenvalue weighted by Crippen LogP contribution is 2.04. The zero-order chi connectivity index (χ0) is 12.0. The smallest absolute Gasteiger partial charge is 0.253 e. The predicted octanol–water partition coefficient (Wildman–Crippen LogP) is -2.08. The number of aromatic nitrogens is 2. The van der Waals surface area contributed by atoms with Crippen molar-refractivity contribution in [2.75, 3.05) is 19.8 Å². The third-order valence-corrected chi connectivity index (χ3v) is 2.13. The van der Waals surface area contributed by atoms with Gasteiger partial charge in [0.2, 0.25) is 0 Å². The Kier molecular flexibility index (Phi) is 4.29. The second-order valence-electron chi connectivity index (χ2n) is 3.34. The average molecular weight is 227 g/mol. The summed E-state index contributed by atoms with van der Waals surface area (Å²) in [5.41, 5.74) is -1.20. The lowest BCUT2D eigenvalue weighted by molar-refractivity contribution is 0.0375. The number of hydrogen-bond acceptors (Lipinski definition) is 6. The van der Waals surface area contributed by atoms with Crippen molar-refractivity contribution in [1.29, 1.82) is 0 Å². The van der Waals surface area contributed by atoms with Crippen LogP contribution < -0.4 is 5.32 Å². The second-order valence-corrected chi connectivity index (χ2v) is 3.34. The summed E-state index contributed by atoms with van der Waals surface area (Å²) >= 11 is 0. The first kappa shape index (κ1) is 12.5. The van der Waals surface area contributed by atoms with Crippen LogP contribution in [0.1, 0.15) is 10.4 Å². The number of hydrogen-bond donors (Lipinski definition) is 4. The molecule has 0 aliphatic rings. The standard InChI is InChI=1S/C9H13N3O4/c13-4-9(5-14,6-15)12-8(16)7-1-2-10-11-3-7/h1-3,13-15H,4-6H2,(H,12,16). The van der Waals surface area contributed by atoms with E-state index in [1.54, 1.807) is 0 Å². The molecule has 4 N–H and O–H groups in total. The number of carbonyl (C=O) groups excluding carboxylic acids is 1. The molecular weight excluding hydrogens is 214 g/mol. The maximum Gasteiger partial charge on any atom is 0.253 e. The Bertz CT molecular complexity index is 332. The maximum atomic E-state index is 11.6. The van der Waals surface area contributed by atoms with Gasteiger partial charge in [-0.15, -0.1) is 0 Å². The Morgan fingerprint density at radius 2 is 1.88 bits per heavy atom. The summed E-state index contributed by atoms with van der Waals surface area (Å²) in [6.07, 6.45) is 2.58. The Balaban J connectivity index is 2.77. The number of nitrogens with zero attached hydrogens (tertiary/aromatic N) is 2. The van der Waals surface area contributed by atoms with E-state index in [0.29, 0.717) is 0 Å². The zero-order valence-electron chi connectivity index (χ0n) is 8.50. The first-order chi connectivity index (χ1) is 7.67. The minimum Gasteiger partial charge on any atom is -0.394 e. The molecule has 0 aliphatic carbocycles. The number of nitrogens with one attached hydrogen (secondary N) is 1. The van der Waals surface area contributed by atoms with Crippen molar-refractivity contribution in [3.05, 3.63) is 24.0 Å². The van der Waals surface area contributed by atoms with Gasteiger partial charge >= 0.3 is 0 Å². The van der Waals surface area contributed by atoms with Gasteiger partial charge in [-0.25, -0.2) is 0 Å². The molecule has 0 saturated heterocycles. The minimum atomic E-state index is -1.43. The normalized spacial score (nSPS) is 11.2. The SMILES string of the molecule is O=C(NC(CO)(CO)CO)c1ccnnc1. The molecule has 1 aromatic heterocycles. The number of aliphatic hydroxyl groups excluding tert-OH is 3. The maximum absolute atomic E-state index is 11.6. The molecular formula is C9H13N3O4. The highest BCUT2D eigenvalue weighted by atomic mass is 16.3.